The van der Waals surface area contributed by atoms with Crippen LogP contribution >= 0.6 is 11.3 Å². The van der Waals surface area contributed by atoms with Gasteiger partial charge in [-0.2, -0.15) is 0 Å². The second-order valence-corrected chi connectivity index (χ2v) is 5.87. The third kappa shape index (κ3) is 3.22. The molecule has 1 aromatic heterocycles. The maximum Gasteiger partial charge on any atom is 0.315 e. The second-order valence-electron chi connectivity index (χ2n) is 4.87. The smallest absolute Gasteiger partial charge is 0.315 e. The molecule has 2 amide bonds. The Hall–Kier alpha value is -1.03. The normalized spacial score (nSPS) is 19.6. The van der Waals surface area contributed by atoms with Crippen LogP contribution in [0.4, 0.5) is 4.79 Å². The maximum atomic E-state index is 11.7. The van der Waals surface area contributed by atoms with Gasteiger partial charge in [-0.25, -0.2) is 4.79 Å². The number of fused-ring (bicyclic) bond motifs is 1. The number of amides is 2. The number of rotatable bonds is 2. The van der Waals surface area contributed by atoms with Gasteiger partial charge >= 0.3 is 6.03 Å². The summed E-state index contributed by atoms with van der Waals surface area (Å²) in [6.07, 6.45) is 4.64. The van der Waals surface area contributed by atoms with E-state index in [1.807, 2.05) is 25.2 Å². The van der Waals surface area contributed by atoms with Crippen LogP contribution in [0, 0.1) is 0 Å². The van der Waals surface area contributed by atoms with Crippen LogP contribution in [-0.2, 0) is 6.42 Å². The molecule has 0 saturated carbocycles. The van der Waals surface area contributed by atoms with Crippen LogP contribution in [0.5, 0.6) is 0 Å². The van der Waals surface area contributed by atoms with E-state index in [1.54, 1.807) is 0 Å². The minimum absolute atomic E-state index is 0.0518. The van der Waals surface area contributed by atoms with E-state index in [-0.39, 0.29) is 18.1 Å². The van der Waals surface area contributed by atoms with E-state index < -0.39 is 0 Å². The summed E-state index contributed by atoms with van der Waals surface area (Å²) in [6.45, 7) is 3.95. The van der Waals surface area contributed by atoms with E-state index in [0.717, 1.165) is 12.8 Å². The Morgan fingerprint density at radius 2 is 2.29 bits per heavy atom. The van der Waals surface area contributed by atoms with Crippen molar-refractivity contribution in [3.05, 3.63) is 21.9 Å². The number of hydrogen-bond acceptors (Lipinski definition) is 2. The first kappa shape index (κ1) is 12.4. The van der Waals surface area contributed by atoms with Crippen molar-refractivity contribution in [2.75, 3.05) is 0 Å². The largest absolute Gasteiger partial charge is 0.336 e. The van der Waals surface area contributed by atoms with Gasteiger partial charge in [0.2, 0.25) is 0 Å². The molecule has 0 aromatic carbocycles. The molecule has 0 bridgehead atoms. The van der Waals surface area contributed by atoms with Gasteiger partial charge in [0, 0.05) is 10.9 Å². The van der Waals surface area contributed by atoms with Crippen LogP contribution in [-0.4, -0.2) is 12.1 Å². The van der Waals surface area contributed by atoms with Gasteiger partial charge in [-0.3, -0.25) is 0 Å². The summed E-state index contributed by atoms with van der Waals surface area (Å²) in [5.74, 6) is 0. The third-order valence-corrected chi connectivity index (χ3v) is 4.02. The van der Waals surface area contributed by atoms with Crippen molar-refractivity contribution in [2.45, 2.75) is 51.6 Å². The van der Waals surface area contributed by atoms with Crippen molar-refractivity contribution in [2.24, 2.45) is 0 Å². The summed E-state index contributed by atoms with van der Waals surface area (Å²) in [5.41, 5.74) is 1.33. The van der Waals surface area contributed by atoms with Gasteiger partial charge in [-0.1, -0.05) is 6.42 Å². The van der Waals surface area contributed by atoms with E-state index in [2.05, 4.69) is 22.1 Å². The number of carbonyl (C=O) groups excluding carboxylic acids is 1. The average Bonchev–Trinajstić information content (AvgIpc) is 2.62. The van der Waals surface area contributed by atoms with E-state index in [9.17, 15) is 4.79 Å². The minimum Gasteiger partial charge on any atom is -0.336 e. The summed E-state index contributed by atoms with van der Waals surface area (Å²) >= 11 is 1.81. The highest BCUT2D eigenvalue weighted by atomic mass is 32.1. The van der Waals surface area contributed by atoms with Crippen LogP contribution in [0.2, 0.25) is 0 Å². The second kappa shape index (κ2) is 5.54. The van der Waals surface area contributed by atoms with Crippen molar-refractivity contribution < 1.29 is 4.79 Å². The molecule has 4 heteroatoms. The van der Waals surface area contributed by atoms with Gasteiger partial charge in [-0.05, 0) is 50.1 Å². The van der Waals surface area contributed by atoms with Crippen LogP contribution in [0.15, 0.2) is 11.4 Å². The Kier molecular flexibility index (Phi) is 4.05. The first-order valence-corrected chi connectivity index (χ1v) is 7.18. The summed E-state index contributed by atoms with van der Waals surface area (Å²) in [4.78, 5) is 13.2. The van der Waals surface area contributed by atoms with Gasteiger partial charge in [0.25, 0.3) is 0 Å². The number of carbonyl (C=O) groups is 1. The molecule has 0 radical (unpaired) electrons. The summed E-state index contributed by atoms with van der Waals surface area (Å²) in [5, 5.41) is 8.11. The number of urea groups is 1. The number of nitrogens with one attached hydrogen (secondary N) is 2. The molecule has 0 saturated heterocycles. The molecule has 17 heavy (non-hydrogen) atoms. The molecule has 2 N–H and O–H groups in total. The van der Waals surface area contributed by atoms with Crippen LogP contribution < -0.4 is 10.6 Å². The lowest BCUT2D eigenvalue weighted by molar-refractivity contribution is 0.234. The highest BCUT2D eigenvalue weighted by molar-refractivity contribution is 7.10. The molecule has 1 aromatic rings. The molecule has 0 fully saturated rings. The molecule has 1 unspecified atom stereocenters. The Balaban J connectivity index is 2.04. The molecule has 1 atom stereocenters. The van der Waals surface area contributed by atoms with Gasteiger partial charge in [0.05, 0.1) is 6.04 Å². The molecule has 2 rings (SSSR count). The Morgan fingerprint density at radius 1 is 1.47 bits per heavy atom. The van der Waals surface area contributed by atoms with Crippen molar-refractivity contribution in [1.82, 2.24) is 10.6 Å². The topological polar surface area (TPSA) is 41.1 Å². The zero-order chi connectivity index (χ0) is 12.3. The lowest BCUT2D eigenvalue weighted by atomic mass is 10.1. The van der Waals surface area contributed by atoms with E-state index in [0.29, 0.717) is 0 Å². The standard InChI is InChI=1S/C13H20N2OS/c1-9(2)14-13(16)15-11-5-3-4-6-12-10(11)7-8-17-12/h7-9,11H,3-6H2,1-2H3,(H2,14,15,16). The lowest BCUT2D eigenvalue weighted by Crippen LogP contribution is -2.41. The fourth-order valence-corrected chi connectivity index (χ4v) is 3.25. The Labute approximate surface area is 107 Å². The predicted molar refractivity (Wildman–Crippen MR) is 71.4 cm³/mol. The molecule has 1 heterocycles. The molecule has 94 valence electrons. The molecular formula is C13H20N2OS. The fraction of sp³-hybridized carbons (Fsp3) is 0.615. The zero-order valence-corrected chi connectivity index (χ0v) is 11.3. The maximum absolute atomic E-state index is 11.7. The van der Waals surface area contributed by atoms with Crippen molar-refractivity contribution in [1.29, 1.82) is 0 Å². The van der Waals surface area contributed by atoms with E-state index >= 15 is 0 Å². The predicted octanol–water partition coefficient (Wildman–Crippen LogP) is 3.22. The van der Waals surface area contributed by atoms with E-state index in [1.165, 1.54) is 23.3 Å². The third-order valence-electron chi connectivity index (χ3n) is 3.03. The summed E-state index contributed by atoms with van der Waals surface area (Å²) in [7, 11) is 0. The van der Waals surface area contributed by atoms with Gasteiger partial charge < -0.3 is 10.6 Å². The highest BCUT2D eigenvalue weighted by Crippen LogP contribution is 2.31. The SMILES string of the molecule is CC(C)NC(=O)NC1CCCCc2sccc21. The highest BCUT2D eigenvalue weighted by Gasteiger charge is 2.21. The van der Waals surface area contributed by atoms with Crippen molar-refractivity contribution in [3.63, 3.8) is 0 Å². The Bertz CT molecular complexity index is 387. The van der Waals surface area contributed by atoms with Gasteiger partial charge in [0.1, 0.15) is 0 Å². The molecule has 0 spiro atoms. The summed E-state index contributed by atoms with van der Waals surface area (Å²) in [6, 6.07) is 2.48. The first-order valence-electron chi connectivity index (χ1n) is 6.30. The fourth-order valence-electron chi connectivity index (χ4n) is 2.27. The minimum atomic E-state index is -0.0518. The molecular weight excluding hydrogens is 232 g/mol. The number of aryl methyl sites for hydroxylation is 1. The van der Waals surface area contributed by atoms with Crippen molar-refractivity contribution in [3.8, 4) is 0 Å². The Morgan fingerprint density at radius 3 is 3.06 bits per heavy atom. The van der Waals surface area contributed by atoms with Gasteiger partial charge in [-0.15, -0.1) is 11.3 Å². The quantitative estimate of drug-likeness (QED) is 0.780. The molecule has 1 aliphatic rings. The van der Waals surface area contributed by atoms with E-state index in [4.69, 9.17) is 0 Å². The number of hydrogen-bond donors (Lipinski definition) is 2. The number of thiophene rings is 1. The molecule has 0 aliphatic heterocycles. The lowest BCUT2D eigenvalue weighted by Gasteiger charge is -2.19. The zero-order valence-electron chi connectivity index (χ0n) is 10.5. The first-order chi connectivity index (χ1) is 8.16. The monoisotopic (exact) mass is 252 g/mol. The van der Waals surface area contributed by atoms with Gasteiger partial charge in [0.15, 0.2) is 0 Å². The summed E-state index contributed by atoms with van der Waals surface area (Å²) < 4.78 is 0. The van der Waals surface area contributed by atoms with Crippen molar-refractivity contribution >= 4 is 17.4 Å². The average molecular weight is 252 g/mol. The van der Waals surface area contributed by atoms with Crippen LogP contribution in [0.3, 0.4) is 0 Å². The van der Waals surface area contributed by atoms with Crippen LogP contribution in [0.25, 0.3) is 0 Å². The van der Waals surface area contributed by atoms with Crippen LogP contribution in [0.1, 0.15) is 49.6 Å². The molecule has 1 aliphatic carbocycles. The molecule has 3 nitrogen and oxygen atoms in total.